The van der Waals surface area contributed by atoms with Crippen LogP contribution in [0, 0.1) is 0 Å². The lowest BCUT2D eigenvalue weighted by Gasteiger charge is -2.07. The van der Waals surface area contributed by atoms with Gasteiger partial charge in [0.25, 0.3) is 0 Å². The zero-order valence-corrected chi connectivity index (χ0v) is 9.97. The van der Waals surface area contributed by atoms with E-state index in [1.807, 2.05) is 42.5 Å². The molecule has 0 saturated heterocycles. The first kappa shape index (κ1) is 10.8. The van der Waals surface area contributed by atoms with E-state index in [0.717, 1.165) is 22.4 Å². The fourth-order valence-electron chi connectivity index (χ4n) is 2.15. The molecule has 0 radical (unpaired) electrons. The number of carbonyl (C=O) groups is 1. The monoisotopic (exact) mass is 240 g/mol. The van der Waals surface area contributed by atoms with Crippen LogP contribution in [0.3, 0.4) is 0 Å². The summed E-state index contributed by atoms with van der Waals surface area (Å²) in [5.41, 5.74) is 2.91. The van der Waals surface area contributed by atoms with Gasteiger partial charge in [-0.25, -0.2) is 0 Å². The van der Waals surface area contributed by atoms with Crippen molar-refractivity contribution in [2.24, 2.45) is 0 Å². The van der Waals surface area contributed by atoms with Crippen molar-refractivity contribution in [1.82, 2.24) is 0 Å². The Kier molecular flexibility index (Phi) is 2.52. The number of hydrogen-bond donors (Lipinski definition) is 0. The summed E-state index contributed by atoms with van der Waals surface area (Å²) in [6, 6.07) is 13.5. The molecule has 0 saturated carbocycles. The maximum atomic E-state index is 11.3. The van der Waals surface area contributed by atoms with Gasteiger partial charge in [0, 0.05) is 11.1 Å². The van der Waals surface area contributed by atoms with Crippen LogP contribution >= 0.6 is 0 Å². The van der Waals surface area contributed by atoms with Gasteiger partial charge in [-0.1, -0.05) is 30.3 Å². The predicted octanol–water partition coefficient (Wildman–Crippen LogP) is 2.82. The van der Waals surface area contributed by atoms with Crippen molar-refractivity contribution in [1.29, 1.82) is 0 Å². The van der Waals surface area contributed by atoms with Crippen molar-refractivity contribution in [2.75, 3.05) is 7.11 Å². The molecule has 1 aliphatic heterocycles. The zero-order valence-electron chi connectivity index (χ0n) is 9.97. The Balaban J connectivity index is 2.07. The van der Waals surface area contributed by atoms with Gasteiger partial charge in [-0.15, -0.1) is 0 Å². The minimum absolute atomic E-state index is 0.189. The van der Waals surface area contributed by atoms with Crippen molar-refractivity contribution in [3.05, 3.63) is 48.0 Å². The van der Waals surface area contributed by atoms with E-state index in [1.165, 1.54) is 0 Å². The van der Waals surface area contributed by atoms with Gasteiger partial charge in [0.05, 0.1) is 13.5 Å². The summed E-state index contributed by atoms with van der Waals surface area (Å²) >= 11 is 0. The predicted molar refractivity (Wildman–Crippen MR) is 67.8 cm³/mol. The molecular formula is C15H12O3. The Labute approximate surface area is 105 Å². The summed E-state index contributed by atoms with van der Waals surface area (Å²) in [5, 5.41) is 0. The number of benzene rings is 2. The normalized spacial score (nSPS) is 13.1. The fraction of sp³-hybridized carbons (Fsp3) is 0.133. The van der Waals surface area contributed by atoms with E-state index in [4.69, 9.17) is 9.47 Å². The van der Waals surface area contributed by atoms with Gasteiger partial charge in [-0.3, -0.25) is 4.79 Å². The number of carbonyl (C=O) groups excluding carboxylic acids is 1. The Bertz CT molecular complexity index is 600. The first-order valence-electron chi connectivity index (χ1n) is 5.75. The summed E-state index contributed by atoms with van der Waals surface area (Å²) in [4.78, 5) is 11.3. The minimum Gasteiger partial charge on any atom is -0.497 e. The Morgan fingerprint density at radius 2 is 1.89 bits per heavy atom. The van der Waals surface area contributed by atoms with E-state index < -0.39 is 0 Å². The average molecular weight is 240 g/mol. The highest BCUT2D eigenvalue weighted by Crippen LogP contribution is 2.37. The number of ether oxygens (including phenoxy) is 2. The summed E-state index contributed by atoms with van der Waals surface area (Å²) in [6.07, 6.45) is 0.360. The molecule has 0 N–H and O–H groups in total. The maximum Gasteiger partial charge on any atom is 0.315 e. The van der Waals surface area contributed by atoms with Gasteiger partial charge in [0.1, 0.15) is 11.5 Å². The van der Waals surface area contributed by atoms with Crippen LogP contribution in [-0.2, 0) is 11.2 Å². The number of esters is 1. The lowest BCUT2D eigenvalue weighted by Crippen LogP contribution is -2.00. The second-order valence-electron chi connectivity index (χ2n) is 4.17. The molecule has 0 atom stereocenters. The average Bonchev–Trinajstić information content (AvgIpc) is 2.79. The highest BCUT2D eigenvalue weighted by Gasteiger charge is 2.23. The molecule has 3 rings (SSSR count). The molecule has 2 aromatic carbocycles. The highest BCUT2D eigenvalue weighted by molar-refractivity contribution is 5.86. The fourth-order valence-corrected chi connectivity index (χ4v) is 2.15. The zero-order chi connectivity index (χ0) is 12.5. The molecule has 0 amide bonds. The van der Waals surface area contributed by atoms with Crippen molar-refractivity contribution < 1.29 is 14.3 Å². The molecule has 3 heteroatoms. The molecule has 3 nitrogen and oxygen atoms in total. The molecule has 0 aromatic heterocycles. The number of hydrogen-bond acceptors (Lipinski definition) is 3. The van der Waals surface area contributed by atoms with Gasteiger partial charge < -0.3 is 9.47 Å². The number of para-hydroxylation sites is 1. The van der Waals surface area contributed by atoms with E-state index in [0.29, 0.717) is 12.2 Å². The summed E-state index contributed by atoms with van der Waals surface area (Å²) in [6.45, 7) is 0. The van der Waals surface area contributed by atoms with E-state index in [1.54, 1.807) is 7.11 Å². The van der Waals surface area contributed by atoms with Crippen LogP contribution < -0.4 is 9.47 Å². The molecule has 0 aliphatic carbocycles. The molecular weight excluding hydrogens is 228 g/mol. The first-order chi connectivity index (χ1) is 8.78. The van der Waals surface area contributed by atoms with Gasteiger partial charge in [-0.05, 0) is 17.7 Å². The summed E-state index contributed by atoms with van der Waals surface area (Å²) in [7, 11) is 1.64. The largest absolute Gasteiger partial charge is 0.497 e. The molecule has 0 spiro atoms. The van der Waals surface area contributed by atoms with Gasteiger partial charge in [0.15, 0.2) is 0 Å². The highest BCUT2D eigenvalue weighted by atomic mass is 16.5. The summed E-state index contributed by atoms with van der Waals surface area (Å²) in [5.74, 6) is 1.31. The van der Waals surface area contributed by atoms with Crippen LogP contribution in [0.25, 0.3) is 11.1 Å². The van der Waals surface area contributed by atoms with Crippen LogP contribution in [0.1, 0.15) is 5.56 Å². The molecule has 0 unspecified atom stereocenters. The van der Waals surface area contributed by atoms with Gasteiger partial charge in [-0.2, -0.15) is 0 Å². The third kappa shape index (κ3) is 1.74. The molecule has 0 fully saturated rings. The molecule has 18 heavy (non-hydrogen) atoms. The van der Waals surface area contributed by atoms with Crippen LogP contribution in [0.2, 0.25) is 0 Å². The lowest BCUT2D eigenvalue weighted by molar-refractivity contribution is -0.131. The third-order valence-corrected chi connectivity index (χ3v) is 3.05. The number of fused-ring (bicyclic) bond motifs is 1. The van der Waals surface area contributed by atoms with E-state index in [9.17, 15) is 4.79 Å². The minimum atomic E-state index is -0.189. The quantitative estimate of drug-likeness (QED) is 0.598. The maximum absolute atomic E-state index is 11.3. The van der Waals surface area contributed by atoms with Gasteiger partial charge >= 0.3 is 5.97 Å². The van der Waals surface area contributed by atoms with E-state index >= 15 is 0 Å². The van der Waals surface area contributed by atoms with Crippen molar-refractivity contribution in [3.63, 3.8) is 0 Å². The smallest absolute Gasteiger partial charge is 0.315 e. The number of methoxy groups -OCH3 is 1. The van der Waals surface area contributed by atoms with Crippen LogP contribution in [0.15, 0.2) is 42.5 Å². The van der Waals surface area contributed by atoms with Crippen molar-refractivity contribution >= 4 is 5.97 Å². The SMILES string of the molecule is COc1ccc(-c2cccc3c2OC(=O)C3)cc1. The van der Waals surface area contributed by atoms with Crippen molar-refractivity contribution in [2.45, 2.75) is 6.42 Å². The molecule has 0 bridgehead atoms. The van der Waals surface area contributed by atoms with Crippen molar-refractivity contribution in [3.8, 4) is 22.6 Å². The Morgan fingerprint density at radius 3 is 2.61 bits per heavy atom. The van der Waals surface area contributed by atoms with Crippen LogP contribution in [0.4, 0.5) is 0 Å². The molecule has 1 heterocycles. The van der Waals surface area contributed by atoms with Gasteiger partial charge in [0.2, 0.25) is 0 Å². The topological polar surface area (TPSA) is 35.5 Å². The Hall–Kier alpha value is -2.29. The third-order valence-electron chi connectivity index (χ3n) is 3.05. The van der Waals surface area contributed by atoms with Crippen LogP contribution in [-0.4, -0.2) is 13.1 Å². The molecule has 1 aliphatic rings. The second-order valence-corrected chi connectivity index (χ2v) is 4.17. The second kappa shape index (κ2) is 4.18. The Morgan fingerprint density at radius 1 is 1.11 bits per heavy atom. The molecule has 2 aromatic rings. The van der Waals surface area contributed by atoms with E-state index in [2.05, 4.69) is 0 Å². The lowest BCUT2D eigenvalue weighted by atomic mass is 10.0. The standard InChI is InChI=1S/C15H12O3/c1-17-12-7-5-10(6-8-12)13-4-2-3-11-9-14(16)18-15(11)13/h2-8H,9H2,1H3. The van der Waals surface area contributed by atoms with E-state index in [-0.39, 0.29) is 5.97 Å². The first-order valence-corrected chi connectivity index (χ1v) is 5.75. The summed E-state index contributed by atoms with van der Waals surface area (Å²) < 4.78 is 10.4. The number of rotatable bonds is 2. The molecule has 90 valence electrons. The van der Waals surface area contributed by atoms with Crippen LogP contribution in [0.5, 0.6) is 11.5 Å².